The van der Waals surface area contributed by atoms with Crippen molar-refractivity contribution in [1.82, 2.24) is 0 Å². The van der Waals surface area contributed by atoms with E-state index in [1.54, 1.807) is 24.3 Å². The number of carboxylic acid groups (broad SMARTS) is 1. The molecule has 2 N–H and O–H groups in total. The van der Waals surface area contributed by atoms with Crippen LogP contribution in [0.2, 0.25) is 0 Å². The topological polar surface area (TPSA) is 75.6 Å². The molecule has 1 amide bonds. The standard InChI is InChI=1S/C20H21NO4/c22-19(17-8-4-5-9-18(17)20(23)24)21-14-10-12-16(13-11-14)25-15-6-2-1-3-7-15/h1-3,6-7,10-13,17-18H,4-5,8-9H2,(H,21,22)(H,23,24). The van der Waals surface area contributed by atoms with Gasteiger partial charge in [0.25, 0.3) is 0 Å². The van der Waals surface area contributed by atoms with Crippen LogP contribution in [0, 0.1) is 11.8 Å². The van der Waals surface area contributed by atoms with Crippen molar-refractivity contribution < 1.29 is 19.4 Å². The highest BCUT2D eigenvalue weighted by Crippen LogP contribution is 2.31. The van der Waals surface area contributed by atoms with Crippen molar-refractivity contribution in [3.8, 4) is 11.5 Å². The molecule has 5 heteroatoms. The number of nitrogens with one attached hydrogen (secondary N) is 1. The van der Waals surface area contributed by atoms with Crippen LogP contribution in [-0.4, -0.2) is 17.0 Å². The van der Waals surface area contributed by atoms with Crippen LogP contribution in [0.1, 0.15) is 25.7 Å². The highest BCUT2D eigenvalue weighted by atomic mass is 16.5. The molecule has 1 saturated carbocycles. The molecule has 0 saturated heterocycles. The van der Waals surface area contributed by atoms with Crippen molar-refractivity contribution in [3.05, 3.63) is 54.6 Å². The Bertz CT molecular complexity index is 727. The normalized spacial score (nSPS) is 19.8. The van der Waals surface area contributed by atoms with Gasteiger partial charge in [0.2, 0.25) is 5.91 Å². The van der Waals surface area contributed by atoms with E-state index >= 15 is 0 Å². The van der Waals surface area contributed by atoms with E-state index in [4.69, 9.17) is 4.74 Å². The molecular formula is C20H21NO4. The van der Waals surface area contributed by atoms with Gasteiger partial charge in [-0.1, -0.05) is 31.0 Å². The van der Waals surface area contributed by atoms with Gasteiger partial charge in [-0.2, -0.15) is 0 Å². The number of rotatable bonds is 5. The third-order valence-electron chi connectivity index (χ3n) is 4.52. The molecule has 2 aromatic rings. The van der Waals surface area contributed by atoms with Crippen LogP contribution in [0.3, 0.4) is 0 Å². The fourth-order valence-corrected chi connectivity index (χ4v) is 3.21. The van der Waals surface area contributed by atoms with Crippen molar-refractivity contribution in [2.75, 3.05) is 5.32 Å². The van der Waals surface area contributed by atoms with E-state index in [-0.39, 0.29) is 5.91 Å². The summed E-state index contributed by atoms with van der Waals surface area (Å²) in [6, 6.07) is 16.5. The average Bonchev–Trinajstić information content (AvgIpc) is 2.64. The van der Waals surface area contributed by atoms with Crippen LogP contribution in [0.4, 0.5) is 5.69 Å². The second-order valence-corrected chi connectivity index (χ2v) is 6.26. The molecule has 0 heterocycles. The summed E-state index contributed by atoms with van der Waals surface area (Å²) >= 11 is 0. The number of aliphatic carboxylic acids is 1. The minimum atomic E-state index is -0.883. The highest BCUT2D eigenvalue weighted by Gasteiger charge is 2.35. The number of carbonyl (C=O) groups excluding carboxylic acids is 1. The van der Waals surface area contributed by atoms with Gasteiger partial charge in [0.1, 0.15) is 11.5 Å². The summed E-state index contributed by atoms with van der Waals surface area (Å²) in [5, 5.41) is 12.1. The number of ether oxygens (including phenoxy) is 1. The first kappa shape index (κ1) is 17.0. The molecular weight excluding hydrogens is 318 g/mol. The second-order valence-electron chi connectivity index (χ2n) is 6.26. The van der Waals surface area contributed by atoms with Crippen LogP contribution in [-0.2, 0) is 9.59 Å². The number of benzene rings is 2. The smallest absolute Gasteiger partial charge is 0.307 e. The molecule has 0 radical (unpaired) electrons. The predicted molar refractivity (Wildman–Crippen MR) is 94.7 cm³/mol. The lowest BCUT2D eigenvalue weighted by molar-refractivity contribution is -0.147. The van der Waals surface area contributed by atoms with E-state index in [0.717, 1.165) is 18.6 Å². The maximum atomic E-state index is 12.5. The van der Waals surface area contributed by atoms with E-state index < -0.39 is 17.8 Å². The van der Waals surface area contributed by atoms with Crippen LogP contribution < -0.4 is 10.1 Å². The molecule has 5 nitrogen and oxygen atoms in total. The Kier molecular flexibility index (Phi) is 5.33. The van der Waals surface area contributed by atoms with Crippen LogP contribution in [0.15, 0.2) is 54.6 Å². The molecule has 2 aromatic carbocycles. The first-order valence-electron chi connectivity index (χ1n) is 8.50. The van der Waals surface area contributed by atoms with Crippen molar-refractivity contribution in [2.45, 2.75) is 25.7 Å². The number of anilines is 1. The largest absolute Gasteiger partial charge is 0.481 e. The first-order valence-corrected chi connectivity index (χ1v) is 8.50. The summed E-state index contributed by atoms with van der Waals surface area (Å²) in [5.74, 6) is -0.743. The first-order chi connectivity index (χ1) is 12.1. The van der Waals surface area contributed by atoms with Gasteiger partial charge in [0.05, 0.1) is 11.8 Å². The number of amides is 1. The Balaban J connectivity index is 1.62. The molecule has 1 aliphatic carbocycles. The Morgan fingerprint density at radius 3 is 2.12 bits per heavy atom. The van der Waals surface area contributed by atoms with E-state index in [0.29, 0.717) is 24.3 Å². The second kappa shape index (κ2) is 7.83. The minimum absolute atomic E-state index is 0.219. The van der Waals surface area contributed by atoms with Gasteiger partial charge >= 0.3 is 5.97 Å². The molecule has 130 valence electrons. The fourth-order valence-electron chi connectivity index (χ4n) is 3.21. The Hall–Kier alpha value is -2.82. The summed E-state index contributed by atoms with van der Waals surface area (Å²) in [6.45, 7) is 0. The lowest BCUT2D eigenvalue weighted by Gasteiger charge is -2.27. The lowest BCUT2D eigenvalue weighted by atomic mass is 9.78. The SMILES string of the molecule is O=C(O)C1CCCCC1C(=O)Nc1ccc(Oc2ccccc2)cc1. The van der Waals surface area contributed by atoms with Gasteiger partial charge in [0.15, 0.2) is 0 Å². The van der Waals surface area contributed by atoms with Crippen LogP contribution in [0.25, 0.3) is 0 Å². The molecule has 2 unspecified atom stereocenters. The van der Waals surface area contributed by atoms with Gasteiger partial charge in [-0.25, -0.2) is 0 Å². The summed E-state index contributed by atoms with van der Waals surface area (Å²) in [6.07, 6.45) is 2.95. The average molecular weight is 339 g/mol. The highest BCUT2D eigenvalue weighted by molar-refractivity contribution is 5.95. The summed E-state index contributed by atoms with van der Waals surface area (Å²) in [7, 11) is 0. The molecule has 25 heavy (non-hydrogen) atoms. The number of hydrogen-bond acceptors (Lipinski definition) is 3. The number of hydrogen-bond donors (Lipinski definition) is 2. The summed E-state index contributed by atoms with van der Waals surface area (Å²) in [5.41, 5.74) is 0.639. The zero-order chi connectivity index (χ0) is 17.6. The van der Waals surface area contributed by atoms with E-state index in [9.17, 15) is 14.7 Å². The Morgan fingerprint density at radius 2 is 1.48 bits per heavy atom. The molecule has 1 aliphatic rings. The van der Waals surface area contributed by atoms with Crippen LogP contribution >= 0.6 is 0 Å². The van der Waals surface area contributed by atoms with Crippen LogP contribution in [0.5, 0.6) is 11.5 Å². The third kappa shape index (κ3) is 4.38. The molecule has 0 spiro atoms. The molecule has 0 bridgehead atoms. The quantitative estimate of drug-likeness (QED) is 0.851. The molecule has 1 fully saturated rings. The van der Waals surface area contributed by atoms with E-state index in [2.05, 4.69) is 5.32 Å². The minimum Gasteiger partial charge on any atom is -0.481 e. The summed E-state index contributed by atoms with van der Waals surface area (Å²) < 4.78 is 5.71. The van der Waals surface area contributed by atoms with Crippen molar-refractivity contribution in [2.24, 2.45) is 11.8 Å². The van der Waals surface area contributed by atoms with Crippen molar-refractivity contribution >= 4 is 17.6 Å². The molecule has 3 rings (SSSR count). The van der Waals surface area contributed by atoms with Crippen molar-refractivity contribution in [3.63, 3.8) is 0 Å². The zero-order valence-electron chi connectivity index (χ0n) is 13.9. The Labute approximate surface area is 146 Å². The molecule has 0 aliphatic heterocycles. The van der Waals surface area contributed by atoms with Gasteiger partial charge in [-0.15, -0.1) is 0 Å². The number of carboxylic acids is 1. The Morgan fingerprint density at radius 1 is 0.880 bits per heavy atom. The fraction of sp³-hybridized carbons (Fsp3) is 0.300. The van der Waals surface area contributed by atoms with Gasteiger partial charge in [-0.3, -0.25) is 9.59 Å². The molecule has 0 aromatic heterocycles. The maximum Gasteiger partial charge on any atom is 0.307 e. The zero-order valence-corrected chi connectivity index (χ0v) is 13.9. The lowest BCUT2D eigenvalue weighted by Crippen LogP contribution is -2.36. The van der Waals surface area contributed by atoms with Crippen molar-refractivity contribution in [1.29, 1.82) is 0 Å². The maximum absolute atomic E-state index is 12.5. The number of carbonyl (C=O) groups is 2. The number of para-hydroxylation sites is 1. The van der Waals surface area contributed by atoms with E-state index in [1.807, 2.05) is 30.3 Å². The van der Waals surface area contributed by atoms with Gasteiger partial charge in [-0.05, 0) is 49.2 Å². The third-order valence-corrected chi connectivity index (χ3v) is 4.52. The molecule has 2 atom stereocenters. The van der Waals surface area contributed by atoms with Gasteiger partial charge < -0.3 is 15.2 Å². The monoisotopic (exact) mass is 339 g/mol. The van der Waals surface area contributed by atoms with Gasteiger partial charge in [0, 0.05) is 5.69 Å². The summed E-state index contributed by atoms with van der Waals surface area (Å²) in [4.78, 5) is 23.8. The van der Waals surface area contributed by atoms with E-state index in [1.165, 1.54) is 0 Å². The predicted octanol–water partition coefficient (Wildman–Crippen LogP) is 4.31.